The van der Waals surface area contributed by atoms with Gasteiger partial charge in [-0.2, -0.15) is 0 Å². The molecule has 11 heteroatoms. The van der Waals surface area contributed by atoms with Gasteiger partial charge in [-0.15, -0.1) is 0 Å². The summed E-state index contributed by atoms with van der Waals surface area (Å²) in [6, 6.07) is 15.5. The van der Waals surface area contributed by atoms with Crippen LogP contribution in [0.4, 0.5) is 5.69 Å². The number of ether oxygens (including phenoxy) is 2. The molecule has 2 aromatic rings. The molecule has 2 aromatic carbocycles. The number of para-hydroxylation sites is 1. The molecule has 11 nitrogen and oxygen atoms in total. The molecule has 0 bridgehead atoms. The summed E-state index contributed by atoms with van der Waals surface area (Å²) in [6.07, 6.45) is 3.37. The van der Waals surface area contributed by atoms with Gasteiger partial charge < -0.3 is 25.0 Å². The summed E-state index contributed by atoms with van der Waals surface area (Å²) in [5.74, 6) is 5.11. The van der Waals surface area contributed by atoms with Gasteiger partial charge in [0.25, 0.3) is 11.8 Å². The summed E-state index contributed by atoms with van der Waals surface area (Å²) in [4.78, 5) is 63.0. The highest BCUT2D eigenvalue weighted by Gasteiger charge is 2.23. The number of carbonyl (C=O) groups is 5. The predicted octanol–water partition coefficient (Wildman–Crippen LogP) is 1.68. The van der Waals surface area contributed by atoms with Crippen molar-refractivity contribution in [3.63, 3.8) is 0 Å². The van der Waals surface area contributed by atoms with Gasteiger partial charge in [-0.25, -0.2) is 0 Å². The Balaban J connectivity index is 1.03. The minimum Gasteiger partial charge on any atom is -0.379 e. The largest absolute Gasteiger partial charge is 0.379 e. The first-order valence-electron chi connectivity index (χ1n) is 14.6. The fourth-order valence-corrected chi connectivity index (χ4v) is 4.60. The lowest BCUT2D eigenvalue weighted by Crippen LogP contribution is -2.35. The van der Waals surface area contributed by atoms with Crippen molar-refractivity contribution in [3.05, 3.63) is 77.4 Å². The molecule has 0 unspecified atom stereocenters. The Morgan fingerprint density at radius 3 is 2.16 bits per heavy atom. The van der Waals surface area contributed by atoms with Gasteiger partial charge in [-0.1, -0.05) is 42.2 Å². The Hall–Kier alpha value is -4.79. The van der Waals surface area contributed by atoms with Crippen LogP contribution in [0.25, 0.3) is 0 Å². The average molecular weight is 601 g/mol. The topological polar surface area (TPSA) is 134 Å². The summed E-state index contributed by atoms with van der Waals surface area (Å²) >= 11 is 0. The van der Waals surface area contributed by atoms with Gasteiger partial charge in [-0.3, -0.25) is 28.9 Å². The highest BCUT2D eigenvalue weighted by atomic mass is 16.5. The SMILES string of the molecule is O=C(CCOCCOCCNC(=O)CCN1C(=O)C=CC1=O)NCCCC(=O)N1Cc2ccccc2C#Cc2ccccc21. The highest BCUT2D eigenvalue weighted by Crippen LogP contribution is 2.26. The third kappa shape index (κ3) is 9.62. The lowest BCUT2D eigenvalue weighted by molar-refractivity contribution is -0.137. The van der Waals surface area contributed by atoms with E-state index < -0.39 is 11.8 Å². The summed E-state index contributed by atoms with van der Waals surface area (Å²) in [5, 5.41) is 5.49. The van der Waals surface area contributed by atoms with E-state index in [1.165, 1.54) is 12.2 Å². The van der Waals surface area contributed by atoms with E-state index in [1.54, 1.807) is 4.90 Å². The molecule has 0 saturated heterocycles. The quantitative estimate of drug-likeness (QED) is 0.170. The van der Waals surface area contributed by atoms with Crippen LogP contribution in [0, 0.1) is 11.8 Å². The number of anilines is 1. The number of amides is 5. The van der Waals surface area contributed by atoms with Gasteiger partial charge in [-0.05, 0) is 30.2 Å². The molecule has 2 aliphatic heterocycles. The molecule has 0 spiro atoms. The van der Waals surface area contributed by atoms with Crippen LogP contribution in [0.2, 0.25) is 0 Å². The smallest absolute Gasteiger partial charge is 0.253 e. The number of fused-ring (bicyclic) bond motifs is 2. The Labute approximate surface area is 256 Å². The maximum absolute atomic E-state index is 13.2. The highest BCUT2D eigenvalue weighted by molar-refractivity contribution is 6.13. The maximum Gasteiger partial charge on any atom is 0.253 e. The van der Waals surface area contributed by atoms with Crippen molar-refractivity contribution in [1.82, 2.24) is 15.5 Å². The van der Waals surface area contributed by atoms with Gasteiger partial charge in [0.15, 0.2) is 0 Å². The van der Waals surface area contributed by atoms with Crippen LogP contribution in [0.5, 0.6) is 0 Å². The molecule has 0 atom stereocenters. The fourth-order valence-electron chi connectivity index (χ4n) is 4.60. The van der Waals surface area contributed by atoms with Crippen molar-refractivity contribution in [2.75, 3.05) is 51.0 Å². The van der Waals surface area contributed by atoms with E-state index in [9.17, 15) is 24.0 Å². The van der Waals surface area contributed by atoms with Crippen LogP contribution in [0.15, 0.2) is 60.7 Å². The van der Waals surface area contributed by atoms with Gasteiger partial charge in [0, 0.05) is 62.2 Å². The second-order valence-electron chi connectivity index (χ2n) is 10.1. The van der Waals surface area contributed by atoms with Gasteiger partial charge in [0.2, 0.25) is 17.7 Å². The molecule has 230 valence electrons. The molecule has 4 rings (SSSR count). The lowest BCUT2D eigenvalue weighted by atomic mass is 10.0. The third-order valence-corrected chi connectivity index (χ3v) is 6.94. The van der Waals surface area contributed by atoms with Gasteiger partial charge >= 0.3 is 0 Å². The van der Waals surface area contributed by atoms with Gasteiger partial charge in [0.05, 0.1) is 38.7 Å². The van der Waals surface area contributed by atoms with E-state index in [2.05, 4.69) is 22.5 Å². The van der Waals surface area contributed by atoms with Crippen LogP contribution in [0.1, 0.15) is 42.4 Å². The maximum atomic E-state index is 13.2. The zero-order valence-electron chi connectivity index (χ0n) is 24.5. The van der Waals surface area contributed by atoms with Crippen molar-refractivity contribution >= 4 is 35.2 Å². The lowest BCUT2D eigenvalue weighted by Gasteiger charge is -2.26. The molecular formula is C33H36N4O7. The van der Waals surface area contributed by atoms with Crippen LogP contribution in [0.3, 0.4) is 0 Å². The minimum absolute atomic E-state index is 0.0261. The van der Waals surface area contributed by atoms with Crippen LogP contribution < -0.4 is 15.5 Å². The first-order chi connectivity index (χ1) is 21.4. The van der Waals surface area contributed by atoms with E-state index in [1.807, 2.05) is 48.5 Å². The van der Waals surface area contributed by atoms with E-state index in [0.29, 0.717) is 32.7 Å². The fraction of sp³-hybridized carbons (Fsp3) is 0.364. The first-order valence-corrected chi connectivity index (χ1v) is 14.6. The Morgan fingerprint density at radius 2 is 1.36 bits per heavy atom. The molecule has 0 radical (unpaired) electrons. The second-order valence-corrected chi connectivity index (χ2v) is 10.1. The van der Waals surface area contributed by atoms with Gasteiger partial charge in [0.1, 0.15) is 0 Å². The van der Waals surface area contributed by atoms with Crippen LogP contribution in [-0.4, -0.2) is 80.5 Å². The van der Waals surface area contributed by atoms with Crippen molar-refractivity contribution < 1.29 is 33.4 Å². The Morgan fingerprint density at radius 1 is 0.727 bits per heavy atom. The molecule has 2 aliphatic rings. The number of nitrogens with zero attached hydrogens (tertiary/aromatic N) is 2. The number of nitrogens with one attached hydrogen (secondary N) is 2. The number of imide groups is 1. The number of rotatable bonds is 16. The van der Waals surface area contributed by atoms with Crippen molar-refractivity contribution in [2.45, 2.75) is 32.2 Å². The molecule has 0 fully saturated rings. The molecule has 2 N–H and O–H groups in total. The van der Waals surface area contributed by atoms with Crippen molar-refractivity contribution in [2.24, 2.45) is 0 Å². The Bertz CT molecular complexity index is 1440. The number of hydrogen-bond donors (Lipinski definition) is 2. The third-order valence-electron chi connectivity index (χ3n) is 6.94. The minimum atomic E-state index is -0.413. The van der Waals surface area contributed by atoms with Crippen LogP contribution in [-0.2, 0) is 40.0 Å². The molecular weight excluding hydrogens is 564 g/mol. The molecule has 0 aliphatic carbocycles. The number of hydrogen-bond acceptors (Lipinski definition) is 7. The average Bonchev–Trinajstić information content (AvgIpc) is 3.34. The summed E-state index contributed by atoms with van der Waals surface area (Å²) in [5.41, 5.74) is 3.50. The van der Waals surface area contributed by atoms with E-state index >= 15 is 0 Å². The monoisotopic (exact) mass is 600 g/mol. The van der Waals surface area contributed by atoms with Crippen molar-refractivity contribution in [1.29, 1.82) is 0 Å². The first kappa shape index (κ1) is 32.1. The summed E-state index contributed by atoms with van der Waals surface area (Å²) in [7, 11) is 0. The summed E-state index contributed by atoms with van der Waals surface area (Å²) in [6.45, 7) is 2.26. The second kappa shape index (κ2) is 16.7. The predicted molar refractivity (Wildman–Crippen MR) is 162 cm³/mol. The van der Waals surface area contributed by atoms with Crippen LogP contribution >= 0.6 is 0 Å². The number of carbonyl (C=O) groups excluding carboxylic acids is 5. The van der Waals surface area contributed by atoms with E-state index in [4.69, 9.17) is 9.47 Å². The molecule has 5 amide bonds. The molecule has 0 saturated carbocycles. The standard InChI is InChI=1S/C33H36N4O7/c38-29(15-19-36-32(41)13-14-33(36)42)35-18-21-44-23-22-43-20-16-30(39)34-17-5-10-31(40)37-24-27-8-2-1-6-25(27)11-12-26-7-3-4-9-28(26)37/h1-4,6-9,13-14H,5,10,15-24H2,(H,34,39)(H,35,38). The van der Waals surface area contributed by atoms with Crippen molar-refractivity contribution in [3.8, 4) is 11.8 Å². The number of benzene rings is 2. The normalized spacial score (nSPS) is 13.4. The zero-order valence-corrected chi connectivity index (χ0v) is 24.5. The summed E-state index contributed by atoms with van der Waals surface area (Å²) < 4.78 is 10.8. The van der Waals surface area contributed by atoms with E-state index in [0.717, 1.165) is 27.3 Å². The molecule has 44 heavy (non-hydrogen) atoms. The van der Waals surface area contributed by atoms with E-state index in [-0.39, 0.29) is 63.3 Å². The Kier molecular flexibility index (Phi) is 12.2. The molecule has 0 aromatic heterocycles. The molecule has 2 heterocycles. The zero-order chi connectivity index (χ0) is 31.1.